The van der Waals surface area contributed by atoms with Crippen LogP contribution in [0, 0.1) is 5.82 Å². The van der Waals surface area contributed by atoms with Gasteiger partial charge in [-0.05, 0) is 54.6 Å². The van der Waals surface area contributed by atoms with E-state index >= 15 is 0 Å². The van der Waals surface area contributed by atoms with Crippen LogP contribution < -0.4 is 5.43 Å². The second-order valence-corrected chi connectivity index (χ2v) is 8.54. The first-order valence-electron chi connectivity index (χ1n) is 9.68. The van der Waals surface area contributed by atoms with Gasteiger partial charge >= 0.3 is 0 Å². The van der Waals surface area contributed by atoms with Gasteiger partial charge in [-0.15, -0.1) is 10.2 Å². The van der Waals surface area contributed by atoms with Crippen molar-refractivity contribution >= 4 is 47.1 Å². The van der Waals surface area contributed by atoms with Crippen molar-refractivity contribution in [3.63, 3.8) is 0 Å². The number of hydrogen-bond acceptors (Lipinski definition) is 5. The van der Waals surface area contributed by atoms with E-state index in [2.05, 4.69) is 20.7 Å². The topological polar surface area (TPSA) is 72.2 Å². The minimum Gasteiger partial charge on any atom is -0.272 e. The number of rotatable bonds is 7. The minimum atomic E-state index is -0.421. The zero-order valence-corrected chi connectivity index (χ0v) is 19.3. The molecular formula is C23H16Cl2FN5OS. The number of nitrogens with one attached hydrogen (secondary N) is 1. The zero-order chi connectivity index (χ0) is 23.2. The highest BCUT2D eigenvalue weighted by molar-refractivity contribution is 7.99. The third-order valence-corrected chi connectivity index (χ3v) is 5.88. The Balaban J connectivity index is 1.52. The molecule has 1 aromatic heterocycles. The lowest BCUT2D eigenvalue weighted by Crippen LogP contribution is -2.20. The summed E-state index contributed by atoms with van der Waals surface area (Å²) in [4.78, 5) is 12.3. The molecule has 1 N–H and O–H groups in total. The van der Waals surface area contributed by atoms with Gasteiger partial charge in [0.15, 0.2) is 11.0 Å². The van der Waals surface area contributed by atoms with Crippen molar-refractivity contribution in [3.8, 4) is 17.1 Å². The van der Waals surface area contributed by atoms with Gasteiger partial charge in [0.2, 0.25) is 0 Å². The molecule has 0 radical (unpaired) electrons. The van der Waals surface area contributed by atoms with Crippen LogP contribution in [0.4, 0.5) is 4.39 Å². The smallest absolute Gasteiger partial charge is 0.250 e. The second kappa shape index (κ2) is 10.6. The third kappa shape index (κ3) is 5.78. The Labute approximate surface area is 203 Å². The highest BCUT2D eigenvalue weighted by atomic mass is 35.5. The molecule has 166 valence electrons. The molecule has 0 spiro atoms. The normalized spacial score (nSPS) is 11.1. The quantitative estimate of drug-likeness (QED) is 0.203. The molecule has 0 bridgehead atoms. The summed E-state index contributed by atoms with van der Waals surface area (Å²) >= 11 is 13.2. The van der Waals surface area contributed by atoms with Gasteiger partial charge in [-0.3, -0.25) is 9.36 Å². The van der Waals surface area contributed by atoms with Crippen LogP contribution >= 0.6 is 35.0 Å². The summed E-state index contributed by atoms with van der Waals surface area (Å²) in [5.74, 6) is -0.169. The van der Waals surface area contributed by atoms with E-state index in [9.17, 15) is 9.18 Å². The number of benzene rings is 3. The number of carbonyl (C=O) groups excluding carboxylic acids is 1. The van der Waals surface area contributed by atoms with Crippen molar-refractivity contribution in [2.24, 2.45) is 5.10 Å². The molecule has 6 nitrogen and oxygen atoms in total. The fraction of sp³-hybridized carbons (Fsp3) is 0.0435. The number of amides is 1. The van der Waals surface area contributed by atoms with E-state index in [0.717, 1.165) is 11.3 Å². The van der Waals surface area contributed by atoms with Gasteiger partial charge in [0.25, 0.3) is 5.91 Å². The molecule has 0 unspecified atom stereocenters. The lowest BCUT2D eigenvalue weighted by atomic mass is 10.2. The van der Waals surface area contributed by atoms with E-state index in [0.29, 0.717) is 21.0 Å². The number of aromatic nitrogens is 3. The molecule has 4 rings (SSSR count). The second-order valence-electron chi connectivity index (χ2n) is 6.73. The fourth-order valence-corrected chi connectivity index (χ4v) is 3.88. The SMILES string of the molecule is O=C(CSc1nnc(-c2ccc(Cl)cc2)n1-c1ccc(Cl)cc1)N/N=C\c1ccccc1F. The summed E-state index contributed by atoms with van der Waals surface area (Å²) in [6.45, 7) is 0. The van der Waals surface area contributed by atoms with Gasteiger partial charge in [0, 0.05) is 26.9 Å². The highest BCUT2D eigenvalue weighted by Crippen LogP contribution is 2.29. The molecule has 0 saturated carbocycles. The van der Waals surface area contributed by atoms with Gasteiger partial charge in [-0.25, -0.2) is 9.82 Å². The minimum absolute atomic E-state index is 0.0287. The molecule has 0 atom stereocenters. The largest absolute Gasteiger partial charge is 0.272 e. The van der Waals surface area contributed by atoms with Gasteiger partial charge in [-0.1, -0.05) is 53.2 Å². The lowest BCUT2D eigenvalue weighted by molar-refractivity contribution is -0.118. The van der Waals surface area contributed by atoms with Crippen molar-refractivity contribution in [2.75, 3.05) is 5.75 Å². The van der Waals surface area contributed by atoms with Gasteiger partial charge in [0.05, 0.1) is 12.0 Å². The predicted octanol–water partition coefficient (Wildman–Crippen LogP) is 5.62. The zero-order valence-electron chi connectivity index (χ0n) is 17.0. The van der Waals surface area contributed by atoms with Crippen molar-refractivity contribution in [1.29, 1.82) is 0 Å². The Morgan fingerprint density at radius 1 is 1.00 bits per heavy atom. The number of nitrogens with zero attached hydrogens (tertiary/aromatic N) is 4. The Kier molecular flexibility index (Phi) is 7.39. The summed E-state index contributed by atoms with van der Waals surface area (Å²) in [6, 6.07) is 20.6. The molecular weight excluding hydrogens is 484 g/mol. The van der Waals surface area contributed by atoms with Crippen LogP contribution in [0.25, 0.3) is 17.1 Å². The number of halogens is 3. The molecule has 0 aliphatic carbocycles. The molecule has 1 heterocycles. The first-order valence-corrected chi connectivity index (χ1v) is 11.4. The monoisotopic (exact) mass is 499 g/mol. The summed E-state index contributed by atoms with van der Waals surface area (Å²) in [5.41, 5.74) is 4.27. The Bertz CT molecular complexity index is 1290. The number of hydrogen-bond donors (Lipinski definition) is 1. The maximum absolute atomic E-state index is 13.6. The van der Waals surface area contributed by atoms with E-state index < -0.39 is 5.82 Å². The van der Waals surface area contributed by atoms with Crippen LogP contribution in [0.1, 0.15) is 5.56 Å². The van der Waals surface area contributed by atoms with Gasteiger partial charge in [-0.2, -0.15) is 5.10 Å². The predicted molar refractivity (Wildman–Crippen MR) is 130 cm³/mol. The molecule has 4 aromatic rings. The highest BCUT2D eigenvalue weighted by Gasteiger charge is 2.17. The van der Waals surface area contributed by atoms with Gasteiger partial charge in [0.1, 0.15) is 5.82 Å². The van der Waals surface area contributed by atoms with Crippen LogP contribution in [-0.4, -0.2) is 32.6 Å². The van der Waals surface area contributed by atoms with E-state index in [1.54, 1.807) is 42.5 Å². The van der Waals surface area contributed by atoms with E-state index in [1.165, 1.54) is 24.0 Å². The Morgan fingerprint density at radius 2 is 1.67 bits per heavy atom. The van der Waals surface area contributed by atoms with Crippen LogP contribution in [0.3, 0.4) is 0 Å². The summed E-state index contributed by atoms with van der Waals surface area (Å²) in [7, 11) is 0. The van der Waals surface area contributed by atoms with Crippen molar-refractivity contribution in [1.82, 2.24) is 20.2 Å². The average molecular weight is 500 g/mol. The van der Waals surface area contributed by atoms with Crippen molar-refractivity contribution < 1.29 is 9.18 Å². The first kappa shape index (κ1) is 23.0. The fourth-order valence-electron chi connectivity index (χ4n) is 2.89. The summed E-state index contributed by atoms with van der Waals surface area (Å²) in [6.07, 6.45) is 1.26. The molecule has 3 aromatic carbocycles. The van der Waals surface area contributed by atoms with Crippen molar-refractivity contribution in [3.05, 3.63) is 94.2 Å². The first-order chi connectivity index (χ1) is 16.0. The molecule has 33 heavy (non-hydrogen) atoms. The molecule has 10 heteroatoms. The lowest BCUT2D eigenvalue weighted by Gasteiger charge is -2.10. The van der Waals surface area contributed by atoms with E-state index in [1.807, 2.05) is 28.8 Å². The standard InChI is InChI=1S/C23H16Cl2FN5OS/c24-17-7-5-15(6-8-17)22-29-30-23(31(22)19-11-9-18(25)10-12-19)33-14-21(32)28-27-13-16-3-1-2-4-20(16)26/h1-13H,14H2,(H,28,32)/b27-13-. The van der Waals surface area contributed by atoms with Crippen LogP contribution in [0.15, 0.2) is 83.1 Å². The van der Waals surface area contributed by atoms with Crippen LogP contribution in [0.5, 0.6) is 0 Å². The number of hydrazone groups is 1. The van der Waals surface area contributed by atoms with Crippen LogP contribution in [0.2, 0.25) is 10.0 Å². The van der Waals surface area contributed by atoms with Crippen molar-refractivity contribution in [2.45, 2.75) is 5.16 Å². The Morgan fingerprint density at radius 3 is 2.36 bits per heavy atom. The molecule has 0 aliphatic heterocycles. The molecule has 1 amide bonds. The maximum atomic E-state index is 13.6. The average Bonchev–Trinajstić information content (AvgIpc) is 3.24. The number of carbonyl (C=O) groups is 1. The Hall–Kier alpha value is -3.20. The summed E-state index contributed by atoms with van der Waals surface area (Å²) < 4.78 is 15.5. The maximum Gasteiger partial charge on any atom is 0.250 e. The third-order valence-electron chi connectivity index (χ3n) is 4.45. The van der Waals surface area contributed by atoms with Gasteiger partial charge < -0.3 is 0 Å². The molecule has 0 saturated heterocycles. The van der Waals surface area contributed by atoms with E-state index in [-0.39, 0.29) is 17.2 Å². The molecule has 0 fully saturated rings. The summed E-state index contributed by atoms with van der Waals surface area (Å²) in [5, 5.41) is 14.1. The molecule has 0 aliphatic rings. The van der Waals surface area contributed by atoms with Crippen LogP contribution in [-0.2, 0) is 4.79 Å². The van der Waals surface area contributed by atoms with E-state index in [4.69, 9.17) is 23.2 Å². The number of thioether (sulfide) groups is 1.